The summed E-state index contributed by atoms with van der Waals surface area (Å²) in [4.78, 5) is 22.5. The van der Waals surface area contributed by atoms with Crippen LogP contribution in [0.4, 0.5) is 0 Å². The van der Waals surface area contributed by atoms with E-state index in [0.29, 0.717) is 0 Å². The van der Waals surface area contributed by atoms with Gasteiger partial charge in [-0.1, -0.05) is 0 Å². The van der Waals surface area contributed by atoms with Crippen LogP contribution in [0.3, 0.4) is 0 Å². The molecule has 0 bridgehead atoms. The number of hydrogen-bond donors (Lipinski definition) is 2. The molecule has 0 unspecified atom stereocenters. The van der Waals surface area contributed by atoms with Crippen molar-refractivity contribution in [3.63, 3.8) is 0 Å². The van der Waals surface area contributed by atoms with Gasteiger partial charge in [-0.25, -0.2) is 0 Å². The standard InChI is InChI=1S/C4H2N8O2/c13-1(3-5-9-10-6-3)2(14)4-7-11-12-8-4/h(H,5,6,9,10)(H,7,8,11,12). The van der Waals surface area contributed by atoms with Crippen LogP contribution in [0.15, 0.2) is 0 Å². The maximum absolute atomic E-state index is 11.2. The Hall–Kier alpha value is -2.52. The van der Waals surface area contributed by atoms with Gasteiger partial charge in [0, 0.05) is 0 Å². The molecule has 0 radical (unpaired) electrons. The first-order valence-corrected chi connectivity index (χ1v) is 3.35. The monoisotopic (exact) mass is 194 g/mol. The number of aromatic nitrogens is 8. The zero-order valence-electron chi connectivity index (χ0n) is 6.50. The summed E-state index contributed by atoms with van der Waals surface area (Å²) in [6, 6.07) is 0. The van der Waals surface area contributed by atoms with Crippen molar-refractivity contribution < 1.29 is 9.59 Å². The Morgan fingerprint density at radius 1 is 0.857 bits per heavy atom. The van der Waals surface area contributed by atoms with Crippen molar-refractivity contribution >= 4 is 11.6 Å². The molecule has 0 atom stereocenters. The van der Waals surface area contributed by atoms with Crippen LogP contribution in [0.1, 0.15) is 21.2 Å². The van der Waals surface area contributed by atoms with Gasteiger partial charge in [-0.3, -0.25) is 9.59 Å². The summed E-state index contributed by atoms with van der Waals surface area (Å²) >= 11 is 0. The summed E-state index contributed by atoms with van der Waals surface area (Å²) < 4.78 is 0. The minimum Gasteiger partial charge on any atom is -0.281 e. The molecule has 2 heterocycles. The molecule has 0 fully saturated rings. The lowest BCUT2D eigenvalue weighted by Crippen LogP contribution is -2.17. The Balaban J connectivity index is 2.26. The van der Waals surface area contributed by atoms with E-state index in [9.17, 15) is 9.59 Å². The first-order valence-electron chi connectivity index (χ1n) is 3.35. The van der Waals surface area contributed by atoms with E-state index >= 15 is 0 Å². The van der Waals surface area contributed by atoms with Gasteiger partial charge < -0.3 is 0 Å². The second kappa shape index (κ2) is 3.08. The zero-order chi connectivity index (χ0) is 9.97. The van der Waals surface area contributed by atoms with Crippen LogP contribution in [-0.4, -0.2) is 52.8 Å². The molecule has 10 heteroatoms. The smallest absolute Gasteiger partial charge is 0.277 e. The van der Waals surface area contributed by atoms with Crippen molar-refractivity contribution in [2.45, 2.75) is 0 Å². The molecule has 2 N–H and O–H groups in total. The number of carbonyl (C=O) groups excluding carboxylic acids is 2. The predicted octanol–water partition coefficient (Wildman–Crippen LogP) is -2.22. The van der Waals surface area contributed by atoms with Gasteiger partial charge in [0.2, 0.25) is 11.6 Å². The predicted molar refractivity (Wildman–Crippen MR) is 37.0 cm³/mol. The fourth-order valence-corrected chi connectivity index (χ4v) is 0.719. The maximum atomic E-state index is 11.2. The minimum atomic E-state index is -0.944. The molecular formula is C4H2N8O2. The van der Waals surface area contributed by atoms with Crippen LogP contribution in [-0.2, 0) is 0 Å². The highest BCUT2D eigenvalue weighted by molar-refractivity contribution is 6.47. The summed E-state index contributed by atoms with van der Waals surface area (Å²) in [6.07, 6.45) is 0. The SMILES string of the molecule is O=C(C(=O)c1nn[nH]n1)c1nn[nH]n1. The van der Waals surface area contributed by atoms with Crippen LogP contribution < -0.4 is 0 Å². The zero-order valence-corrected chi connectivity index (χ0v) is 6.50. The Bertz CT molecular complexity index is 399. The molecule has 2 aromatic rings. The highest BCUT2D eigenvalue weighted by Crippen LogP contribution is 1.95. The summed E-state index contributed by atoms with van der Waals surface area (Å²) in [5.74, 6) is -2.56. The lowest BCUT2D eigenvalue weighted by Gasteiger charge is -1.86. The van der Waals surface area contributed by atoms with Crippen molar-refractivity contribution in [3.8, 4) is 0 Å². The quantitative estimate of drug-likeness (QED) is 0.413. The van der Waals surface area contributed by atoms with Crippen LogP contribution in [0, 0.1) is 0 Å². The molecule has 14 heavy (non-hydrogen) atoms. The third-order valence-corrected chi connectivity index (χ3v) is 1.30. The van der Waals surface area contributed by atoms with Crippen molar-refractivity contribution in [2.24, 2.45) is 0 Å². The third kappa shape index (κ3) is 1.24. The van der Waals surface area contributed by atoms with Crippen LogP contribution in [0.25, 0.3) is 0 Å². The summed E-state index contributed by atoms with van der Waals surface area (Å²) in [5.41, 5.74) is 0. The molecule has 0 amide bonds. The number of nitrogens with zero attached hydrogens (tertiary/aromatic N) is 6. The number of hydrogen-bond acceptors (Lipinski definition) is 8. The molecule has 0 spiro atoms. The van der Waals surface area contributed by atoms with E-state index in [1.54, 1.807) is 0 Å². The molecule has 0 saturated carbocycles. The third-order valence-electron chi connectivity index (χ3n) is 1.30. The van der Waals surface area contributed by atoms with Crippen LogP contribution >= 0.6 is 0 Å². The normalized spacial score (nSPS) is 10.0. The number of tetrazole rings is 2. The van der Waals surface area contributed by atoms with Crippen molar-refractivity contribution in [1.29, 1.82) is 0 Å². The van der Waals surface area contributed by atoms with E-state index in [0.717, 1.165) is 0 Å². The van der Waals surface area contributed by atoms with E-state index in [2.05, 4.69) is 41.2 Å². The molecule has 0 aliphatic heterocycles. The fourth-order valence-electron chi connectivity index (χ4n) is 0.719. The molecular weight excluding hydrogens is 192 g/mol. The average Bonchev–Trinajstić information content (AvgIpc) is 2.87. The minimum absolute atomic E-state index is 0.334. The molecule has 2 rings (SSSR count). The lowest BCUT2D eigenvalue weighted by molar-refractivity contribution is 0.0805. The van der Waals surface area contributed by atoms with Gasteiger partial charge in [-0.05, 0) is 10.4 Å². The van der Waals surface area contributed by atoms with E-state index in [1.807, 2.05) is 0 Å². The van der Waals surface area contributed by atoms with E-state index in [1.165, 1.54) is 0 Å². The van der Waals surface area contributed by atoms with Gasteiger partial charge in [0.1, 0.15) is 0 Å². The van der Waals surface area contributed by atoms with Crippen molar-refractivity contribution in [1.82, 2.24) is 41.2 Å². The average molecular weight is 194 g/mol. The second-order valence-corrected chi connectivity index (χ2v) is 2.13. The summed E-state index contributed by atoms with van der Waals surface area (Å²) in [7, 11) is 0. The number of carbonyl (C=O) groups is 2. The number of H-pyrrole nitrogens is 2. The van der Waals surface area contributed by atoms with E-state index in [4.69, 9.17) is 0 Å². The largest absolute Gasteiger partial charge is 0.281 e. The van der Waals surface area contributed by atoms with Crippen LogP contribution in [0.5, 0.6) is 0 Å². The first kappa shape index (κ1) is 8.10. The summed E-state index contributed by atoms with van der Waals surface area (Å²) in [6.45, 7) is 0. The topological polar surface area (TPSA) is 143 Å². The highest BCUT2D eigenvalue weighted by Gasteiger charge is 2.25. The maximum Gasteiger partial charge on any atom is 0.277 e. The first-order chi connectivity index (χ1) is 6.79. The Morgan fingerprint density at radius 2 is 1.29 bits per heavy atom. The van der Waals surface area contributed by atoms with E-state index in [-0.39, 0.29) is 11.6 Å². The molecule has 70 valence electrons. The number of aromatic amines is 2. The van der Waals surface area contributed by atoms with Crippen molar-refractivity contribution in [3.05, 3.63) is 11.6 Å². The van der Waals surface area contributed by atoms with Gasteiger partial charge in [-0.2, -0.15) is 10.4 Å². The Labute approximate surface area is 75.1 Å². The van der Waals surface area contributed by atoms with Gasteiger partial charge >= 0.3 is 0 Å². The highest BCUT2D eigenvalue weighted by atomic mass is 16.2. The van der Waals surface area contributed by atoms with Gasteiger partial charge in [-0.15, -0.1) is 20.4 Å². The molecule has 10 nitrogen and oxygen atoms in total. The second-order valence-electron chi connectivity index (χ2n) is 2.13. The van der Waals surface area contributed by atoms with Gasteiger partial charge in [0.25, 0.3) is 11.6 Å². The van der Waals surface area contributed by atoms with Gasteiger partial charge in [0.15, 0.2) is 0 Å². The fraction of sp³-hybridized carbons (Fsp3) is 0. The Kier molecular flexibility index (Phi) is 1.78. The molecule has 0 aliphatic carbocycles. The lowest BCUT2D eigenvalue weighted by atomic mass is 10.2. The number of Topliss-reactive ketones (excluding diaryl/α,β-unsaturated/α-hetero) is 2. The van der Waals surface area contributed by atoms with E-state index < -0.39 is 11.6 Å². The Morgan fingerprint density at radius 3 is 1.57 bits per heavy atom. The number of nitrogens with one attached hydrogen (secondary N) is 2. The van der Waals surface area contributed by atoms with Gasteiger partial charge in [0.05, 0.1) is 0 Å². The summed E-state index contributed by atoms with van der Waals surface area (Å²) in [5, 5.41) is 23.7. The number of ketones is 2. The van der Waals surface area contributed by atoms with Crippen molar-refractivity contribution in [2.75, 3.05) is 0 Å². The molecule has 0 aliphatic rings. The number of rotatable bonds is 3. The molecule has 2 aromatic heterocycles. The van der Waals surface area contributed by atoms with Crippen LogP contribution in [0.2, 0.25) is 0 Å². The molecule has 0 saturated heterocycles. The molecule has 0 aromatic carbocycles.